The van der Waals surface area contributed by atoms with E-state index in [2.05, 4.69) is 15.5 Å². The van der Waals surface area contributed by atoms with Crippen LogP contribution in [0.3, 0.4) is 0 Å². The van der Waals surface area contributed by atoms with Crippen LogP contribution in [0.5, 0.6) is 0 Å². The quantitative estimate of drug-likeness (QED) is 0.125. The predicted molar refractivity (Wildman–Crippen MR) is 125 cm³/mol. The van der Waals surface area contributed by atoms with Gasteiger partial charge in [0, 0.05) is 31.5 Å². The third-order valence-electron chi connectivity index (χ3n) is 5.05. The minimum absolute atomic E-state index is 0.0630. The van der Waals surface area contributed by atoms with Crippen molar-refractivity contribution in [3.8, 4) is 0 Å². The van der Waals surface area contributed by atoms with Gasteiger partial charge < -0.3 is 30.3 Å². The molecule has 0 radical (unpaired) electrons. The number of fused-ring (bicyclic) bond motifs is 1. The average molecular weight is 512 g/mol. The number of carbonyl (C=O) groups is 4. The predicted octanol–water partition coefficient (Wildman–Crippen LogP) is 0.491. The maximum atomic E-state index is 12.9. The number of oxime groups is 1. The number of nitrogens with two attached hydrogens (primary N) is 1. The summed E-state index contributed by atoms with van der Waals surface area (Å²) in [5.41, 5.74) is 4.65. The highest BCUT2D eigenvalue weighted by molar-refractivity contribution is 8.00. The van der Waals surface area contributed by atoms with E-state index in [0.29, 0.717) is 5.75 Å². The van der Waals surface area contributed by atoms with Gasteiger partial charge in [-0.15, -0.1) is 23.1 Å². The van der Waals surface area contributed by atoms with Crippen molar-refractivity contribution in [1.29, 1.82) is 0 Å². The van der Waals surface area contributed by atoms with Crippen LogP contribution in [0, 0.1) is 5.41 Å². The van der Waals surface area contributed by atoms with Crippen LogP contribution in [0.15, 0.2) is 22.7 Å². The number of anilines is 1. The summed E-state index contributed by atoms with van der Waals surface area (Å²) in [5.74, 6) is -1.88. The molecule has 1 aromatic heterocycles. The molecule has 3 heterocycles. The highest BCUT2D eigenvalue weighted by atomic mass is 32.2. The number of amides is 2. The fraction of sp³-hybridized carbons (Fsp3) is 0.500. The lowest BCUT2D eigenvalue weighted by Gasteiger charge is -2.53. The highest BCUT2D eigenvalue weighted by Gasteiger charge is 2.57. The number of hydrogen-bond acceptors (Lipinski definition) is 12. The van der Waals surface area contributed by atoms with Crippen LogP contribution >= 0.6 is 23.1 Å². The van der Waals surface area contributed by atoms with Crippen LogP contribution in [-0.2, 0) is 33.5 Å². The Labute approximate surface area is 203 Å². The Hall–Kier alpha value is -3.13. The van der Waals surface area contributed by atoms with Crippen molar-refractivity contribution in [2.45, 2.75) is 38.5 Å². The summed E-state index contributed by atoms with van der Waals surface area (Å²) >= 11 is 2.47. The Kier molecular flexibility index (Phi) is 7.82. The number of nitrogens with one attached hydrogen (secondary N) is 1. The molecule has 2 saturated heterocycles. The third kappa shape index (κ3) is 5.17. The third-order valence-corrected chi connectivity index (χ3v) is 7.28. The smallest absolute Gasteiger partial charge is 0.321 e. The number of thioether (sulfide) groups is 1. The molecule has 2 aliphatic rings. The molecule has 4 atom stereocenters. The van der Waals surface area contributed by atoms with Crippen molar-refractivity contribution in [2.24, 2.45) is 10.6 Å². The van der Waals surface area contributed by atoms with E-state index in [-0.39, 0.29) is 34.4 Å². The van der Waals surface area contributed by atoms with Crippen molar-refractivity contribution in [1.82, 2.24) is 15.2 Å². The molecule has 2 aliphatic heterocycles. The first-order valence-corrected chi connectivity index (χ1v) is 12.1. The minimum atomic E-state index is -1.12. The SMILES string of the molecule is CC=CC1(C(=O)OC(C)OC(C)=O)CS[C@@H]2C(NC(=O)C(=NOC)c3csc(N)n3)C(=O)N2C1. The van der Waals surface area contributed by atoms with Gasteiger partial charge in [-0.3, -0.25) is 19.2 Å². The van der Waals surface area contributed by atoms with Gasteiger partial charge in [-0.1, -0.05) is 17.3 Å². The summed E-state index contributed by atoms with van der Waals surface area (Å²) < 4.78 is 10.2. The van der Waals surface area contributed by atoms with Gasteiger partial charge in [0.15, 0.2) is 10.8 Å². The standard InChI is InChI=1S/C20H25N5O7S2/c1-5-6-20(18(29)32-11(3)31-10(2)26)8-25-16(28)14(17(25)34-9-20)23-15(27)13(24-30-4)12-7-33-19(21)22-12/h5-7,11,14,17H,8-9H2,1-4H3,(H2,21,22)(H,23,27)/t11?,14?,17-,20?/m1/s1. The summed E-state index contributed by atoms with van der Waals surface area (Å²) in [6, 6.07) is -0.810. The number of nitrogen functional groups attached to an aromatic ring is 1. The second-order valence-corrected chi connectivity index (χ2v) is 9.55. The lowest BCUT2D eigenvalue weighted by atomic mass is 9.86. The summed E-state index contributed by atoms with van der Waals surface area (Å²) in [5, 5.41) is 7.84. The molecule has 2 amide bonds. The molecular formula is C20H25N5O7S2. The number of thiazole rings is 1. The average Bonchev–Trinajstić information content (AvgIpc) is 3.20. The molecule has 34 heavy (non-hydrogen) atoms. The molecule has 14 heteroatoms. The van der Waals surface area contributed by atoms with Crippen molar-refractivity contribution >= 4 is 57.7 Å². The maximum absolute atomic E-state index is 12.9. The summed E-state index contributed by atoms with van der Waals surface area (Å²) in [7, 11) is 1.29. The van der Waals surface area contributed by atoms with Gasteiger partial charge in [0.2, 0.25) is 12.2 Å². The Morgan fingerprint density at radius 3 is 2.74 bits per heavy atom. The molecule has 0 spiro atoms. The van der Waals surface area contributed by atoms with Gasteiger partial charge in [-0.2, -0.15) is 0 Å². The topological polar surface area (TPSA) is 163 Å². The molecule has 3 rings (SSSR count). The lowest BCUT2D eigenvalue weighted by molar-refractivity contribution is -0.189. The molecule has 184 valence electrons. The Bertz CT molecular complexity index is 1040. The first kappa shape index (κ1) is 25.5. The van der Waals surface area contributed by atoms with Crippen LogP contribution in [0.1, 0.15) is 26.5 Å². The number of allylic oxidation sites excluding steroid dienone is 1. The molecule has 0 aliphatic carbocycles. The van der Waals surface area contributed by atoms with Crippen LogP contribution in [0.4, 0.5) is 5.13 Å². The number of esters is 2. The number of rotatable bonds is 8. The molecule has 3 N–H and O–H groups in total. The maximum Gasteiger partial charge on any atom is 0.321 e. The van der Waals surface area contributed by atoms with E-state index >= 15 is 0 Å². The van der Waals surface area contributed by atoms with Crippen molar-refractivity contribution in [2.75, 3.05) is 25.1 Å². The molecule has 2 fully saturated rings. The van der Waals surface area contributed by atoms with E-state index in [1.165, 1.54) is 37.6 Å². The molecule has 1 aromatic rings. The van der Waals surface area contributed by atoms with E-state index in [0.717, 1.165) is 11.3 Å². The van der Waals surface area contributed by atoms with E-state index in [1.54, 1.807) is 24.5 Å². The number of aromatic nitrogens is 1. The minimum Gasteiger partial charge on any atom is -0.426 e. The Balaban J connectivity index is 1.69. The molecule has 0 bridgehead atoms. The molecule has 0 aromatic carbocycles. The van der Waals surface area contributed by atoms with Gasteiger partial charge in [0.05, 0.1) is 0 Å². The summed E-state index contributed by atoms with van der Waals surface area (Å²) in [6.07, 6.45) is 2.32. The zero-order valence-electron chi connectivity index (χ0n) is 19.0. The lowest BCUT2D eigenvalue weighted by Crippen LogP contribution is -2.74. The Morgan fingerprint density at radius 2 is 2.15 bits per heavy atom. The first-order chi connectivity index (χ1) is 16.1. The van der Waals surface area contributed by atoms with Gasteiger partial charge in [-0.25, -0.2) is 4.98 Å². The van der Waals surface area contributed by atoms with E-state index in [9.17, 15) is 19.2 Å². The van der Waals surface area contributed by atoms with Crippen LogP contribution in [0.25, 0.3) is 0 Å². The number of β-lactam (4-membered cyclic amide) rings is 1. The molecule has 3 unspecified atom stereocenters. The first-order valence-electron chi connectivity index (χ1n) is 10.2. The summed E-state index contributed by atoms with van der Waals surface area (Å²) in [6.45, 7) is 4.47. The zero-order chi connectivity index (χ0) is 25.0. The van der Waals surface area contributed by atoms with Crippen molar-refractivity contribution in [3.05, 3.63) is 23.2 Å². The molecular weight excluding hydrogens is 486 g/mol. The monoisotopic (exact) mass is 511 g/mol. The zero-order valence-corrected chi connectivity index (χ0v) is 20.6. The van der Waals surface area contributed by atoms with Gasteiger partial charge in [0.25, 0.3) is 5.91 Å². The second kappa shape index (κ2) is 10.4. The number of hydrogen-bond donors (Lipinski definition) is 2. The largest absolute Gasteiger partial charge is 0.426 e. The van der Waals surface area contributed by atoms with Gasteiger partial charge in [-0.05, 0) is 6.92 Å². The fourth-order valence-electron chi connectivity index (χ4n) is 3.63. The Morgan fingerprint density at radius 1 is 1.41 bits per heavy atom. The number of nitrogens with zero attached hydrogens (tertiary/aromatic N) is 3. The molecule has 12 nitrogen and oxygen atoms in total. The van der Waals surface area contributed by atoms with Crippen LogP contribution in [-0.4, -0.2) is 76.5 Å². The summed E-state index contributed by atoms with van der Waals surface area (Å²) in [4.78, 5) is 60.0. The van der Waals surface area contributed by atoms with E-state index in [4.69, 9.17) is 20.0 Å². The van der Waals surface area contributed by atoms with Crippen LogP contribution in [0.2, 0.25) is 0 Å². The second-order valence-electron chi connectivity index (χ2n) is 7.55. The molecule has 0 saturated carbocycles. The van der Waals surface area contributed by atoms with Gasteiger partial charge in [0.1, 0.15) is 29.6 Å². The van der Waals surface area contributed by atoms with Crippen molar-refractivity contribution in [3.63, 3.8) is 0 Å². The fourth-order valence-corrected chi connectivity index (χ4v) is 5.69. The van der Waals surface area contributed by atoms with E-state index < -0.39 is 35.6 Å². The number of ether oxygens (including phenoxy) is 2. The normalized spacial score (nSPS) is 25.2. The van der Waals surface area contributed by atoms with Crippen LogP contribution < -0.4 is 11.1 Å². The van der Waals surface area contributed by atoms with Gasteiger partial charge >= 0.3 is 11.9 Å². The van der Waals surface area contributed by atoms with E-state index in [1.807, 2.05) is 0 Å². The number of carbonyl (C=O) groups excluding carboxylic acids is 4. The highest BCUT2D eigenvalue weighted by Crippen LogP contribution is 2.43. The van der Waals surface area contributed by atoms with Crippen molar-refractivity contribution < 1.29 is 33.5 Å².